The molecule has 5 nitrogen and oxygen atoms in total. The van der Waals surface area contributed by atoms with Gasteiger partial charge in [-0.05, 0) is 24.3 Å². The molecule has 0 saturated carbocycles. The van der Waals surface area contributed by atoms with Crippen molar-refractivity contribution in [2.24, 2.45) is 0 Å². The summed E-state index contributed by atoms with van der Waals surface area (Å²) in [5.74, 6) is -3.64. The second kappa shape index (κ2) is 8.09. The van der Waals surface area contributed by atoms with Crippen LogP contribution in [0.3, 0.4) is 0 Å². The first-order valence-electron chi connectivity index (χ1n) is 6.57. The van der Waals surface area contributed by atoms with Gasteiger partial charge >= 0.3 is 6.03 Å². The second-order valence-electron chi connectivity index (χ2n) is 4.53. The summed E-state index contributed by atoms with van der Waals surface area (Å²) < 4.78 is 43.8. The Kier molecular flexibility index (Phi) is 6.11. The fraction of sp³-hybridized carbons (Fsp3) is 0.0667. The topological polar surface area (TPSA) is 67.4 Å². The third-order valence-electron chi connectivity index (χ3n) is 2.87. The Hall–Kier alpha value is -2.45. The zero-order valence-corrected chi connectivity index (χ0v) is 13.7. The summed E-state index contributed by atoms with van der Waals surface area (Å²) in [5.41, 5.74) is -0.860. The standard InChI is InChI=1S/C15H9Cl2F3N2O3/c16-8-4-7(5-9(17)13(8)25-6-18)21-15(24)22-14(23)12-10(19)2-1-3-11(12)20/h1-5H,6H2,(H2,21,22,23,24). The van der Waals surface area contributed by atoms with Crippen molar-refractivity contribution in [3.63, 3.8) is 0 Å². The van der Waals surface area contributed by atoms with Gasteiger partial charge in [0.05, 0.1) is 10.0 Å². The number of hydrogen-bond acceptors (Lipinski definition) is 3. The summed E-state index contributed by atoms with van der Waals surface area (Å²) in [6.45, 7) is -1.16. The molecule has 2 N–H and O–H groups in total. The molecule has 10 heteroatoms. The maximum Gasteiger partial charge on any atom is 0.326 e. The quantitative estimate of drug-likeness (QED) is 0.802. The first-order valence-corrected chi connectivity index (χ1v) is 7.33. The van der Waals surface area contributed by atoms with E-state index < -0.39 is 36.0 Å². The van der Waals surface area contributed by atoms with E-state index in [1.807, 2.05) is 0 Å². The summed E-state index contributed by atoms with van der Waals surface area (Å²) in [5, 5.41) is 3.78. The van der Waals surface area contributed by atoms with Crippen molar-refractivity contribution >= 4 is 40.8 Å². The van der Waals surface area contributed by atoms with Gasteiger partial charge in [0, 0.05) is 5.69 Å². The number of nitrogens with one attached hydrogen (secondary N) is 2. The van der Waals surface area contributed by atoms with Crippen LogP contribution in [0.1, 0.15) is 10.4 Å². The van der Waals surface area contributed by atoms with E-state index in [4.69, 9.17) is 23.2 Å². The highest BCUT2D eigenvalue weighted by Crippen LogP contribution is 2.36. The second-order valence-corrected chi connectivity index (χ2v) is 5.34. The number of ether oxygens (including phenoxy) is 1. The number of hydrogen-bond donors (Lipinski definition) is 2. The molecule has 2 aromatic rings. The zero-order valence-electron chi connectivity index (χ0n) is 12.2. The highest BCUT2D eigenvalue weighted by molar-refractivity contribution is 6.37. The molecule has 2 rings (SSSR count). The summed E-state index contributed by atoms with van der Waals surface area (Å²) >= 11 is 11.7. The maximum atomic E-state index is 13.5. The van der Waals surface area contributed by atoms with Gasteiger partial charge in [0.25, 0.3) is 5.91 Å². The largest absolute Gasteiger partial charge is 0.460 e. The molecule has 132 valence electrons. The molecule has 0 fully saturated rings. The lowest BCUT2D eigenvalue weighted by molar-refractivity contribution is 0.0959. The lowest BCUT2D eigenvalue weighted by Gasteiger charge is -2.11. The average Bonchev–Trinajstić information content (AvgIpc) is 2.50. The minimum absolute atomic E-state index is 0.0421. The molecular formula is C15H9Cl2F3N2O3. The highest BCUT2D eigenvalue weighted by Gasteiger charge is 2.19. The number of benzene rings is 2. The van der Waals surface area contributed by atoms with Gasteiger partial charge in [-0.15, -0.1) is 0 Å². The molecule has 0 heterocycles. The number of rotatable bonds is 4. The van der Waals surface area contributed by atoms with Crippen LogP contribution in [0, 0.1) is 11.6 Å². The summed E-state index contributed by atoms with van der Waals surface area (Å²) in [6, 6.07) is 4.11. The van der Waals surface area contributed by atoms with Gasteiger partial charge in [-0.1, -0.05) is 29.3 Å². The van der Waals surface area contributed by atoms with E-state index in [1.54, 1.807) is 5.32 Å². The number of carbonyl (C=O) groups excluding carboxylic acids is 2. The Labute approximate surface area is 149 Å². The summed E-state index contributed by atoms with van der Waals surface area (Å²) in [6.07, 6.45) is 0. The number of halogens is 5. The van der Waals surface area contributed by atoms with Crippen LogP contribution in [0.5, 0.6) is 5.75 Å². The van der Waals surface area contributed by atoms with E-state index in [0.29, 0.717) is 0 Å². The first-order chi connectivity index (χ1) is 11.8. The van der Waals surface area contributed by atoms with Crippen molar-refractivity contribution in [3.8, 4) is 5.75 Å². The lowest BCUT2D eigenvalue weighted by atomic mass is 10.2. The lowest BCUT2D eigenvalue weighted by Crippen LogP contribution is -2.35. The average molecular weight is 393 g/mol. The van der Waals surface area contributed by atoms with E-state index in [2.05, 4.69) is 10.1 Å². The van der Waals surface area contributed by atoms with Crippen molar-refractivity contribution in [1.82, 2.24) is 5.32 Å². The number of imide groups is 1. The zero-order chi connectivity index (χ0) is 18.6. The van der Waals surface area contributed by atoms with Crippen LogP contribution in [0.25, 0.3) is 0 Å². The number of carbonyl (C=O) groups is 2. The van der Waals surface area contributed by atoms with Gasteiger partial charge in [-0.25, -0.2) is 18.0 Å². The van der Waals surface area contributed by atoms with Gasteiger partial charge in [0.2, 0.25) is 6.86 Å². The number of urea groups is 1. The Morgan fingerprint density at radius 3 is 2.16 bits per heavy atom. The van der Waals surface area contributed by atoms with Crippen LogP contribution in [-0.2, 0) is 0 Å². The van der Waals surface area contributed by atoms with Crippen LogP contribution < -0.4 is 15.4 Å². The minimum Gasteiger partial charge on any atom is -0.460 e. The van der Waals surface area contributed by atoms with Gasteiger partial charge in [-0.3, -0.25) is 10.1 Å². The monoisotopic (exact) mass is 392 g/mol. The highest BCUT2D eigenvalue weighted by atomic mass is 35.5. The molecule has 0 aliphatic rings. The molecule has 0 radical (unpaired) electrons. The van der Waals surface area contributed by atoms with E-state index in [9.17, 15) is 22.8 Å². The molecule has 0 spiro atoms. The van der Waals surface area contributed by atoms with Crippen molar-refractivity contribution in [2.45, 2.75) is 0 Å². The van der Waals surface area contributed by atoms with Crippen LogP contribution >= 0.6 is 23.2 Å². The molecule has 0 unspecified atom stereocenters. The SMILES string of the molecule is O=C(NC(=O)c1c(F)cccc1F)Nc1cc(Cl)c(OCF)c(Cl)c1. The number of alkyl halides is 1. The normalized spacial score (nSPS) is 10.3. The molecular weight excluding hydrogens is 384 g/mol. The Morgan fingerprint density at radius 1 is 1.08 bits per heavy atom. The molecule has 3 amide bonds. The van der Waals surface area contributed by atoms with Crippen LogP contribution in [-0.4, -0.2) is 18.8 Å². The van der Waals surface area contributed by atoms with Crippen LogP contribution in [0.4, 0.5) is 23.7 Å². The minimum atomic E-state index is -1.28. The Bertz CT molecular complexity index is 790. The van der Waals surface area contributed by atoms with Crippen LogP contribution in [0.2, 0.25) is 10.0 Å². The number of anilines is 1. The molecule has 0 atom stereocenters. The van der Waals surface area contributed by atoms with Crippen molar-refractivity contribution in [3.05, 3.63) is 57.6 Å². The predicted octanol–water partition coefficient (Wildman–Crippen LogP) is 4.54. The molecule has 25 heavy (non-hydrogen) atoms. The van der Waals surface area contributed by atoms with Crippen molar-refractivity contribution < 1.29 is 27.5 Å². The Morgan fingerprint density at radius 2 is 1.64 bits per heavy atom. The summed E-state index contributed by atoms with van der Waals surface area (Å²) in [4.78, 5) is 23.6. The molecule has 0 bridgehead atoms. The van der Waals surface area contributed by atoms with Gasteiger partial charge in [0.1, 0.15) is 17.2 Å². The summed E-state index contributed by atoms with van der Waals surface area (Å²) in [7, 11) is 0. The van der Waals surface area contributed by atoms with E-state index >= 15 is 0 Å². The van der Waals surface area contributed by atoms with Gasteiger partial charge in [-0.2, -0.15) is 0 Å². The maximum absolute atomic E-state index is 13.5. The smallest absolute Gasteiger partial charge is 0.326 e. The molecule has 0 aromatic heterocycles. The Balaban J connectivity index is 2.11. The molecule has 2 aromatic carbocycles. The fourth-order valence-corrected chi connectivity index (χ4v) is 2.46. The molecule has 0 saturated heterocycles. The first kappa shape index (κ1) is 18.9. The van der Waals surface area contributed by atoms with E-state index in [1.165, 1.54) is 12.1 Å². The van der Waals surface area contributed by atoms with E-state index in [0.717, 1.165) is 18.2 Å². The van der Waals surface area contributed by atoms with E-state index in [-0.39, 0.29) is 21.5 Å². The third kappa shape index (κ3) is 4.55. The molecule has 0 aliphatic carbocycles. The number of amides is 3. The third-order valence-corrected chi connectivity index (χ3v) is 3.43. The van der Waals surface area contributed by atoms with Crippen LogP contribution in [0.15, 0.2) is 30.3 Å². The van der Waals surface area contributed by atoms with Crippen molar-refractivity contribution in [1.29, 1.82) is 0 Å². The van der Waals surface area contributed by atoms with Crippen molar-refractivity contribution in [2.75, 3.05) is 12.2 Å². The predicted molar refractivity (Wildman–Crippen MR) is 85.9 cm³/mol. The van der Waals surface area contributed by atoms with Gasteiger partial charge in [0.15, 0.2) is 5.75 Å². The fourth-order valence-electron chi connectivity index (χ4n) is 1.87. The van der Waals surface area contributed by atoms with Gasteiger partial charge < -0.3 is 10.1 Å². The molecule has 0 aliphatic heterocycles.